The molecule has 3 heterocycles. The number of carboxylic acids is 1. The number of aromatic nitrogens is 3. The highest BCUT2D eigenvalue weighted by Crippen LogP contribution is 2.42. The minimum atomic E-state index is -5.56. The smallest absolute Gasteiger partial charge is 0.338 e. The maximum atomic E-state index is 14.3. The number of hydrogen-bond acceptors (Lipinski definition) is 27. The van der Waals surface area contributed by atoms with Crippen molar-refractivity contribution >= 4 is 70.6 Å². The molecule has 498 valence electrons. The van der Waals surface area contributed by atoms with Crippen LogP contribution in [0.4, 0.5) is 5.69 Å². The number of carbonyl (C=O) groups excluding carboxylic acids is 4. The van der Waals surface area contributed by atoms with E-state index in [-0.39, 0.29) is 69.2 Å². The maximum Gasteiger partial charge on any atom is 0.338 e. The van der Waals surface area contributed by atoms with Crippen LogP contribution in [0.25, 0.3) is 10.8 Å². The summed E-state index contributed by atoms with van der Waals surface area (Å²) in [7, 11) is -16.3. The molecule has 0 radical (unpaired) electrons. The molecule has 4 aliphatic rings. The number of amides is 2. The standard InChI is InChI=1S/C57H77N5O25S3/c1-3-37-38(53(69)58-21-12-17-34-28-62(61-60-34)22-11-10-18-44(64)59-39-26-35(88(73,74)75)24-33-25-36(89(76,77)78)27-43(45(33)39)90(79,80)81)19-20-40(50(37)87-56-49(68)48(67)46(65)30(2)82-56)84-57-52(86-55(72)32-15-8-5-9-16-32)51(47(66)42(29-63)85-57)83-41(54(70)71)23-31-13-6-4-7-14-31/h5,8-9,15-16,24-28,30-31,37-38,40-42,46-52,56-57,63,65-68H,3-4,6-7,10-14,17-23,29H2,1-2H3,(H,58,69)(H,59,64)(H,70,71)(H,73,74,75)(H,76,77,78)(H,79,80,81)/p-4/t30-,37-,38?,40+,41-,42+,46+,47-,48+,49-,50+,51-,52+,56-,57+/m0/s1. The third-order valence-corrected chi connectivity index (χ3v) is 19.3. The molecule has 30 nitrogen and oxygen atoms in total. The molecule has 0 bridgehead atoms. The van der Waals surface area contributed by atoms with Gasteiger partial charge in [-0.25, -0.2) is 30.0 Å². The maximum absolute atomic E-state index is 14.3. The van der Waals surface area contributed by atoms with Crippen LogP contribution in [-0.4, -0.2) is 196 Å². The Bertz CT molecular complexity index is 3500. The Kier molecular flexibility index (Phi) is 23.7. The Morgan fingerprint density at radius 2 is 1.47 bits per heavy atom. The summed E-state index contributed by atoms with van der Waals surface area (Å²) in [6.45, 7) is 2.79. The molecule has 4 aromatic rings. The van der Waals surface area contributed by atoms with Gasteiger partial charge in [0, 0.05) is 37.0 Å². The van der Waals surface area contributed by atoms with Crippen LogP contribution in [0, 0.1) is 17.8 Å². The normalized spacial score (nSPS) is 28.2. The van der Waals surface area contributed by atoms with Gasteiger partial charge < -0.3 is 88.1 Å². The van der Waals surface area contributed by atoms with Crippen LogP contribution in [0.1, 0.15) is 113 Å². The Hall–Kier alpha value is -5.73. The van der Waals surface area contributed by atoms with E-state index in [4.69, 9.17) is 28.4 Å². The van der Waals surface area contributed by atoms with Crippen molar-refractivity contribution in [3.63, 3.8) is 0 Å². The second-order valence-electron chi connectivity index (χ2n) is 23.0. The lowest BCUT2D eigenvalue weighted by molar-refractivity contribution is -0.355. The number of anilines is 1. The molecule has 2 amide bonds. The first-order chi connectivity index (χ1) is 42.6. The van der Waals surface area contributed by atoms with Gasteiger partial charge in [0.25, 0.3) is 0 Å². The van der Waals surface area contributed by atoms with Crippen LogP contribution in [-0.2, 0) is 86.1 Å². The number of benzene rings is 3. The molecule has 2 aliphatic carbocycles. The molecule has 1 unspecified atom stereocenters. The van der Waals surface area contributed by atoms with E-state index in [1.54, 1.807) is 31.3 Å². The van der Waals surface area contributed by atoms with E-state index < -0.39 is 183 Å². The number of carbonyl (C=O) groups is 4. The molecular weight excluding hydrogens is 1250 g/mol. The summed E-state index contributed by atoms with van der Waals surface area (Å²) >= 11 is 0. The number of aliphatic hydroxyl groups is 5. The number of aliphatic carboxylic acids is 1. The second-order valence-corrected chi connectivity index (χ2v) is 27.1. The minimum absolute atomic E-state index is 0.0216. The molecule has 0 spiro atoms. The minimum Gasteiger partial charge on any atom is -0.744 e. The van der Waals surface area contributed by atoms with Crippen molar-refractivity contribution in [3.8, 4) is 0 Å². The quantitative estimate of drug-likeness (QED) is 0.0231. The Labute approximate surface area is 518 Å². The number of carboxylic acid groups (broad SMARTS) is 1. The van der Waals surface area contributed by atoms with Crippen molar-refractivity contribution in [3.05, 3.63) is 72.1 Å². The van der Waals surface area contributed by atoms with E-state index in [2.05, 4.69) is 20.9 Å². The van der Waals surface area contributed by atoms with Crippen LogP contribution in [0.15, 0.2) is 75.5 Å². The van der Waals surface area contributed by atoms with Gasteiger partial charge in [0.05, 0.1) is 68.6 Å². The molecule has 4 fully saturated rings. The molecule has 1 aromatic heterocycles. The summed E-state index contributed by atoms with van der Waals surface area (Å²) in [4.78, 5) is 50.5. The first kappa shape index (κ1) is 70.1. The number of rotatable bonds is 27. The SMILES string of the molecule is CC[C@H]1C(C(=O)NCCCc2cn(CCCCC(=O)Nc3cc(S(=O)(=O)[O-])cc4cc(S(=O)(=O)[O-])cc(S(=O)(=O)[O-])c34)nn2)CC[C@@H](O[C@@H]2O[C@H](CO)[C@H](O)[C@H](O[C@@H](CC3CCCCC3)C(=O)[O-])[C@H]2OC(=O)c2ccccc2)[C@@H]1O[C@@H]1O[C@@H](C)[C@@H](O)[C@@H](O)[C@@H]1O. The number of aliphatic hydroxyl groups excluding tert-OH is 5. The fraction of sp³-hybridized carbons (Fsp3) is 0.614. The predicted octanol–water partition coefficient (Wildman–Crippen LogP) is -0.187. The Morgan fingerprint density at radius 1 is 0.778 bits per heavy atom. The molecule has 8 rings (SSSR count). The molecular formula is C57H73N5O25S3-4. The molecule has 2 saturated carbocycles. The lowest BCUT2D eigenvalue weighted by Gasteiger charge is -2.49. The zero-order valence-electron chi connectivity index (χ0n) is 49.0. The molecule has 90 heavy (non-hydrogen) atoms. The average Bonchev–Trinajstić information content (AvgIpc) is 0.846. The van der Waals surface area contributed by atoms with Gasteiger partial charge in [0.1, 0.15) is 67.0 Å². The zero-order valence-corrected chi connectivity index (χ0v) is 51.4. The van der Waals surface area contributed by atoms with Crippen molar-refractivity contribution in [2.45, 2.75) is 205 Å². The number of ether oxygens (including phenoxy) is 6. The first-order valence-electron chi connectivity index (χ1n) is 29.6. The summed E-state index contributed by atoms with van der Waals surface area (Å²) in [5.41, 5.74) is -0.0170. The van der Waals surface area contributed by atoms with Gasteiger partial charge in [-0.15, -0.1) is 5.10 Å². The zero-order chi connectivity index (χ0) is 65.4. The summed E-state index contributed by atoms with van der Waals surface area (Å²) in [5.74, 6) is -5.28. The van der Waals surface area contributed by atoms with Crippen LogP contribution >= 0.6 is 0 Å². The third-order valence-electron chi connectivity index (χ3n) is 16.8. The Morgan fingerprint density at radius 3 is 2.11 bits per heavy atom. The van der Waals surface area contributed by atoms with Crippen molar-refractivity contribution in [2.75, 3.05) is 18.5 Å². The van der Waals surface area contributed by atoms with Crippen molar-refractivity contribution in [2.24, 2.45) is 17.8 Å². The van der Waals surface area contributed by atoms with E-state index in [1.165, 1.54) is 23.7 Å². The number of nitrogens with one attached hydrogen (secondary N) is 2. The fourth-order valence-electron chi connectivity index (χ4n) is 12.1. The summed E-state index contributed by atoms with van der Waals surface area (Å²) in [6.07, 6.45) is -12.7. The predicted molar refractivity (Wildman–Crippen MR) is 303 cm³/mol. The van der Waals surface area contributed by atoms with Crippen LogP contribution in [0.2, 0.25) is 0 Å². The van der Waals surface area contributed by atoms with Crippen LogP contribution in [0.3, 0.4) is 0 Å². The highest BCUT2D eigenvalue weighted by Gasteiger charge is 2.54. The van der Waals surface area contributed by atoms with E-state index in [9.17, 15) is 88.7 Å². The van der Waals surface area contributed by atoms with Crippen molar-refractivity contribution < 1.29 is 117 Å². The van der Waals surface area contributed by atoms with Gasteiger partial charge in [0.15, 0.2) is 18.7 Å². The largest absolute Gasteiger partial charge is 0.744 e. The highest BCUT2D eigenvalue weighted by molar-refractivity contribution is 7.87. The van der Waals surface area contributed by atoms with E-state index in [0.29, 0.717) is 43.2 Å². The highest BCUT2D eigenvalue weighted by atomic mass is 32.2. The van der Waals surface area contributed by atoms with E-state index in [0.717, 1.165) is 32.1 Å². The number of aryl methyl sites for hydroxylation is 2. The Balaban J connectivity index is 0.917. The summed E-state index contributed by atoms with van der Waals surface area (Å²) in [6, 6.07) is 9.77. The molecule has 2 aliphatic heterocycles. The van der Waals surface area contributed by atoms with Crippen molar-refractivity contribution in [1.82, 2.24) is 20.3 Å². The first-order valence-corrected chi connectivity index (χ1v) is 33.8. The van der Waals surface area contributed by atoms with E-state index >= 15 is 0 Å². The summed E-state index contributed by atoms with van der Waals surface area (Å²) < 4.78 is 147. The topological polar surface area (TPSA) is 474 Å². The van der Waals surface area contributed by atoms with Crippen LogP contribution in [0.5, 0.6) is 0 Å². The number of esters is 1. The van der Waals surface area contributed by atoms with E-state index in [1.807, 2.05) is 0 Å². The number of hydrogen-bond donors (Lipinski definition) is 7. The average molecular weight is 1320 g/mol. The summed E-state index contributed by atoms with van der Waals surface area (Å²) in [5, 5.41) is 79.9. The lowest BCUT2D eigenvalue weighted by atomic mass is 9.73. The van der Waals surface area contributed by atoms with Crippen molar-refractivity contribution in [1.29, 1.82) is 0 Å². The monoisotopic (exact) mass is 1320 g/mol. The number of nitrogens with zero attached hydrogens (tertiary/aromatic N) is 3. The van der Waals surface area contributed by atoms with Gasteiger partial charge in [-0.2, -0.15) is 0 Å². The van der Waals surface area contributed by atoms with Gasteiger partial charge in [-0.1, -0.05) is 62.4 Å². The molecule has 2 saturated heterocycles. The second kappa shape index (κ2) is 30.4. The lowest BCUT2D eigenvalue weighted by Crippen LogP contribution is -2.64. The molecule has 15 atom stereocenters. The van der Waals surface area contributed by atoms with Gasteiger partial charge >= 0.3 is 5.97 Å². The molecule has 3 aromatic carbocycles. The van der Waals surface area contributed by atoms with Gasteiger partial charge in [-0.05, 0) is 112 Å². The van der Waals surface area contributed by atoms with Gasteiger partial charge in [0.2, 0.25) is 11.8 Å². The molecule has 7 N–H and O–H groups in total. The number of fused-ring (bicyclic) bond motifs is 1. The molecule has 33 heteroatoms. The van der Waals surface area contributed by atoms with Gasteiger partial charge in [-0.3, -0.25) is 14.3 Å². The number of unbranched alkanes of at least 4 members (excludes halogenated alkanes) is 1. The third kappa shape index (κ3) is 17.5. The van der Waals surface area contributed by atoms with Crippen LogP contribution < -0.4 is 15.7 Å². The fourth-order valence-corrected chi connectivity index (χ4v) is 14.0.